The predicted molar refractivity (Wildman–Crippen MR) is 33.2 cm³/mol. The van der Waals surface area contributed by atoms with Gasteiger partial charge in [0.1, 0.15) is 6.10 Å². The minimum absolute atomic E-state index is 0.0301. The maximum absolute atomic E-state index is 10.7. The largest absolute Gasteiger partial charge is 0.462 e. The number of aliphatic hydroxyl groups is 1. The van der Waals surface area contributed by atoms with Gasteiger partial charge in [-0.25, -0.2) is 0 Å². The molecule has 1 heterocycles. The maximum Gasteiger partial charge on any atom is 0.306 e. The standard InChI is InChI=1S/C7H10O3/c8-5-1-4-2-7(9)10-6(4)3-5/h4-6,8H,1-3H2/t4-,5+,6+/m0/s1. The van der Waals surface area contributed by atoms with E-state index in [1.807, 2.05) is 0 Å². The summed E-state index contributed by atoms with van der Waals surface area (Å²) in [5.41, 5.74) is 0. The number of hydrogen-bond acceptors (Lipinski definition) is 3. The number of rotatable bonds is 0. The molecule has 2 fully saturated rings. The topological polar surface area (TPSA) is 46.5 Å². The van der Waals surface area contributed by atoms with E-state index in [-0.39, 0.29) is 18.2 Å². The molecule has 2 aliphatic rings. The number of hydrogen-bond donors (Lipinski definition) is 1. The molecule has 56 valence electrons. The van der Waals surface area contributed by atoms with Crippen LogP contribution in [-0.4, -0.2) is 23.3 Å². The molecule has 3 atom stereocenters. The van der Waals surface area contributed by atoms with Crippen LogP contribution in [0.2, 0.25) is 0 Å². The van der Waals surface area contributed by atoms with E-state index < -0.39 is 0 Å². The average Bonchev–Trinajstić information content (AvgIpc) is 2.21. The summed E-state index contributed by atoms with van der Waals surface area (Å²) in [6.45, 7) is 0. The Morgan fingerprint density at radius 1 is 1.50 bits per heavy atom. The molecule has 0 amide bonds. The van der Waals surface area contributed by atoms with Crippen LogP contribution >= 0.6 is 0 Å². The normalized spacial score (nSPS) is 45.3. The molecule has 3 heteroatoms. The molecule has 1 aliphatic heterocycles. The second-order valence-electron chi connectivity index (χ2n) is 3.12. The summed E-state index contributed by atoms with van der Waals surface area (Å²) in [5.74, 6) is 0.212. The molecule has 0 aromatic rings. The summed E-state index contributed by atoms with van der Waals surface area (Å²) >= 11 is 0. The first kappa shape index (κ1) is 6.16. The Hall–Kier alpha value is -0.570. The number of esters is 1. The van der Waals surface area contributed by atoms with Crippen LogP contribution in [-0.2, 0) is 9.53 Å². The van der Waals surface area contributed by atoms with E-state index in [1.54, 1.807) is 0 Å². The van der Waals surface area contributed by atoms with E-state index in [1.165, 1.54) is 0 Å². The van der Waals surface area contributed by atoms with Gasteiger partial charge in [0.05, 0.1) is 12.5 Å². The highest BCUT2D eigenvalue weighted by Crippen LogP contribution is 2.36. The maximum atomic E-state index is 10.7. The van der Waals surface area contributed by atoms with E-state index >= 15 is 0 Å². The van der Waals surface area contributed by atoms with Gasteiger partial charge in [-0.3, -0.25) is 4.79 Å². The summed E-state index contributed by atoms with van der Waals surface area (Å²) in [7, 11) is 0. The molecule has 1 saturated heterocycles. The van der Waals surface area contributed by atoms with E-state index in [4.69, 9.17) is 9.84 Å². The van der Waals surface area contributed by atoms with Crippen LogP contribution in [0.15, 0.2) is 0 Å². The number of ether oxygens (including phenoxy) is 1. The van der Waals surface area contributed by atoms with E-state index in [0.29, 0.717) is 18.8 Å². The first-order chi connectivity index (χ1) is 4.75. The SMILES string of the molecule is O=C1C[C@@H]2C[C@@H](O)C[C@H]2O1. The predicted octanol–water partition coefficient (Wildman–Crippen LogP) is 0.0728. The van der Waals surface area contributed by atoms with Gasteiger partial charge in [-0.15, -0.1) is 0 Å². The summed E-state index contributed by atoms with van der Waals surface area (Å²) < 4.78 is 4.96. The highest BCUT2D eigenvalue weighted by atomic mass is 16.6. The Morgan fingerprint density at radius 2 is 2.30 bits per heavy atom. The third-order valence-corrected chi connectivity index (χ3v) is 2.32. The van der Waals surface area contributed by atoms with Gasteiger partial charge in [0, 0.05) is 12.3 Å². The van der Waals surface area contributed by atoms with Crippen LogP contribution in [0.4, 0.5) is 0 Å². The second kappa shape index (κ2) is 1.95. The lowest BCUT2D eigenvalue weighted by Crippen LogP contribution is -2.09. The van der Waals surface area contributed by atoms with Crippen molar-refractivity contribution < 1.29 is 14.6 Å². The molecule has 0 aromatic carbocycles. The molecular weight excluding hydrogens is 132 g/mol. The first-order valence-corrected chi connectivity index (χ1v) is 3.63. The fraction of sp³-hybridized carbons (Fsp3) is 0.857. The summed E-state index contributed by atoms with van der Waals surface area (Å²) in [6, 6.07) is 0. The lowest BCUT2D eigenvalue weighted by Gasteiger charge is -2.03. The zero-order valence-corrected chi connectivity index (χ0v) is 5.62. The van der Waals surface area contributed by atoms with Gasteiger partial charge in [-0.05, 0) is 6.42 Å². The smallest absolute Gasteiger partial charge is 0.306 e. The molecule has 0 unspecified atom stereocenters. The molecule has 0 spiro atoms. The Kier molecular flexibility index (Phi) is 1.20. The van der Waals surface area contributed by atoms with Gasteiger partial charge in [-0.1, -0.05) is 0 Å². The molecule has 1 saturated carbocycles. The molecular formula is C7H10O3. The number of carbonyl (C=O) groups excluding carboxylic acids is 1. The van der Waals surface area contributed by atoms with Gasteiger partial charge >= 0.3 is 5.97 Å². The molecule has 3 nitrogen and oxygen atoms in total. The van der Waals surface area contributed by atoms with Crippen LogP contribution in [0.5, 0.6) is 0 Å². The fourth-order valence-electron chi connectivity index (χ4n) is 1.85. The highest BCUT2D eigenvalue weighted by molar-refractivity contribution is 5.72. The molecule has 0 aromatic heterocycles. The van der Waals surface area contributed by atoms with Crippen LogP contribution in [0.25, 0.3) is 0 Å². The van der Waals surface area contributed by atoms with Gasteiger partial charge in [-0.2, -0.15) is 0 Å². The van der Waals surface area contributed by atoms with Crippen molar-refractivity contribution in [3.8, 4) is 0 Å². The zero-order chi connectivity index (χ0) is 7.14. The van der Waals surface area contributed by atoms with Crippen LogP contribution < -0.4 is 0 Å². The third kappa shape index (κ3) is 0.814. The molecule has 0 radical (unpaired) electrons. The van der Waals surface area contributed by atoms with Crippen LogP contribution in [0, 0.1) is 5.92 Å². The Bertz CT molecular complexity index is 150. The Labute approximate surface area is 59.0 Å². The fourth-order valence-corrected chi connectivity index (χ4v) is 1.85. The van der Waals surface area contributed by atoms with Crippen molar-refractivity contribution in [2.75, 3.05) is 0 Å². The number of aliphatic hydroxyl groups excluding tert-OH is 1. The second-order valence-corrected chi connectivity index (χ2v) is 3.12. The van der Waals surface area contributed by atoms with Crippen molar-refractivity contribution in [1.29, 1.82) is 0 Å². The van der Waals surface area contributed by atoms with E-state index in [9.17, 15) is 4.79 Å². The average molecular weight is 142 g/mol. The third-order valence-electron chi connectivity index (χ3n) is 2.32. The zero-order valence-electron chi connectivity index (χ0n) is 5.62. The molecule has 10 heavy (non-hydrogen) atoms. The minimum atomic E-state index is -0.233. The summed E-state index contributed by atoms with van der Waals surface area (Å²) in [4.78, 5) is 10.7. The van der Waals surface area contributed by atoms with Crippen molar-refractivity contribution in [2.24, 2.45) is 5.92 Å². The molecule has 0 bridgehead atoms. The van der Waals surface area contributed by atoms with Crippen molar-refractivity contribution in [3.63, 3.8) is 0 Å². The number of carbonyl (C=O) groups is 1. The van der Waals surface area contributed by atoms with Crippen LogP contribution in [0.3, 0.4) is 0 Å². The van der Waals surface area contributed by atoms with Gasteiger partial charge in [0.15, 0.2) is 0 Å². The minimum Gasteiger partial charge on any atom is -0.462 e. The monoisotopic (exact) mass is 142 g/mol. The molecule has 1 aliphatic carbocycles. The van der Waals surface area contributed by atoms with Gasteiger partial charge in [0.25, 0.3) is 0 Å². The van der Waals surface area contributed by atoms with Crippen molar-refractivity contribution in [3.05, 3.63) is 0 Å². The lowest BCUT2D eigenvalue weighted by molar-refractivity contribution is -0.141. The van der Waals surface area contributed by atoms with Crippen molar-refractivity contribution in [1.82, 2.24) is 0 Å². The highest BCUT2D eigenvalue weighted by Gasteiger charge is 2.42. The van der Waals surface area contributed by atoms with E-state index in [2.05, 4.69) is 0 Å². The van der Waals surface area contributed by atoms with Crippen molar-refractivity contribution >= 4 is 5.97 Å². The molecule has 1 N–H and O–H groups in total. The van der Waals surface area contributed by atoms with E-state index in [0.717, 1.165) is 6.42 Å². The summed E-state index contributed by atoms with van der Waals surface area (Å²) in [5, 5.41) is 9.13. The Morgan fingerprint density at radius 3 is 3.00 bits per heavy atom. The quantitative estimate of drug-likeness (QED) is 0.487. The van der Waals surface area contributed by atoms with Gasteiger partial charge < -0.3 is 9.84 Å². The first-order valence-electron chi connectivity index (χ1n) is 3.63. The Balaban J connectivity index is 2.06. The van der Waals surface area contributed by atoms with Crippen molar-refractivity contribution in [2.45, 2.75) is 31.5 Å². The van der Waals surface area contributed by atoms with Gasteiger partial charge in [0.2, 0.25) is 0 Å². The van der Waals surface area contributed by atoms with Crippen LogP contribution in [0.1, 0.15) is 19.3 Å². The molecule has 2 rings (SSSR count). The number of fused-ring (bicyclic) bond motifs is 1. The lowest BCUT2D eigenvalue weighted by atomic mass is 10.1. The summed E-state index contributed by atoms with van der Waals surface area (Å²) in [6.07, 6.45) is 1.71.